The Balaban J connectivity index is 1.59. The van der Waals surface area contributed by atoms with Gasteiger partial charge in [0.1, 0.15) is 11.5 Å². The van der Waals surface area contributed by atoms with Gasteiger partial charge in [0, 0.05) is 23.1 Å². The highest BCUT2D eigenvalue weighted by Crippen LogP contribution is 2.42. The van der Waals surface area contributed by atoms with Crippen molar-refractivity contribution in [3.63, 3.8) is 0 Å². The molecule has 1 aliphatic rings. The van der Waals surface area contributed by atoms with E-state index in [4.69, 9.17) is 14.5 Å². The molecule has 0 radical (unpaired) electrons. The van der Waals surface area contributed by atoms with Gasteiger partial charge in [0.15, 0.2) is 0 Å². The number of benzene rings is 2. The van der Waals surface area contributed by atoms with Gasteiger partial charge in [-0.3, -0.25) is 0 Å². The summed E-state index contributed by atoms with van der Waals surface area (Å²) in [5.41, 5.74) is 4.49. The number of ether oxygens (including phenoxy) is 2. The van der Waals surface area contributed by atoms with Gasteiger partial charge in [-0.15, -0.1) is 0 Å². The highest BCUT2D eigenvalue weighted by Gasteiger charge is 2.23. The molecule has 2 aromatic carbocycles. The third-order valence-electron chi connectivity index (χ3n) is 4.10. The number of methoxy groups -OCH3 is 2. The maximum atomic E-state index is 5.30. The third kappa shape index (κ3) is 3.07. The lowest BCUT2D eigenvalue weighted by Crippen LogP contribution is -1.87. The van der Waals surface area contributed by atoms with E-state index in [9.17, 15) is 0 Å². The molecule has 0 N–H and O–H groups in total. The summed E-state index contributed by atoms with van der Waals surface area (Å²) in [5.74, 6) is 1.69. The first-order chi connectivity index (χ1) is 12.2. The Morgan fingerprint density at radius 1 is 1.16 bits per heavy atom. The average molecular weight is 415 g/mol. The molecule has 126 valence electrons. The van der Waals surface area contributed by atoms with E-state index in [1.54, 1.807) is 25.6 Å². The Hall–Kier alpha value is -2.18. The van der Waals surface area contributed by atoms with Crippen LogP contribution < -0.4 is 9.47 Å². The summed E-state index contributed by atoms with van der Waals surface area (Å²) in [7, 11) is 3.34. The second-order valence-corrected chi connectivity index (χ2v) is 7.54. The summed E-state index contributed by atoms with van der Waals surface area (Å²) in [4.78, 5) is 10.5. The standard InChI is InChI=1S/C19H15BrN2O2S/c1-23-13-4-5-14-12(8-13)9-17-18(14)22-19(25-17)21-10-11-3-6-16(24-2)15(20)7-11/h3-8,10H,9H2,1-2H3/b21-10-. The molecule has 0 spiro atoms. The summed E-state index contributed by atoms with van der Waals surface area (Å²) in [5, 5.41) is 0.776. The fourth-order valence-corrected chi connectivity index (χ4v) is 4.37. The maximum Gasteiger partial charge on any atom is 0.209 e. The van der Waals surface area contributed by atoms with E-state index in [-0.39, 0.29) is 0 Å². The van der Waals surface area contributed by atoms with E-state index < -0.39 is 0 Å². The average Bonchev–Trinajstić information content (AvgIpc) is 3.16. The number of rotatable bonds is 4. The first-order valence-corrected chi connectivity index (χ1v) is 9.33. The van der Waals surface area contributed by atoms with Crippen LogP contribution in [0.2, 0.25) is 0 Å². The van der Waals surface area contributed by atoms with Crippen LogP contribution in [0.5, 0.6) is 11.5 Å². The Bertz CT molecular complexity index is 982. The zero-order valence-corrected chi connectivity index (χ0v) is 16.1. The van der Waals surface area contributed by atoms with Crippen LogP contribution in [0.3, 0.4) is 0 Å². The van der Waals surface area contributed by atoms with Crippen LogP contribution in [-0.2, 0) is 6.42 Å². The minimum Gasteiger partial charge on any atom is -0.497 e. The fourth-order valence-electron chi connectivity index (χ4n) is 2.86. The molecule has 4 rings (SSSR count). The lowest BCUT2D eigenvalue weighted by molar-refractivity contribution is 0.412. The van der Waals surface area contributed by atoms with Crippen LogP contribution in [-0.4, -0.2) is 25.4 Å². The number of hydrogen-bond donors (Lipinski definition) is 0. The molecule has 4 nitrogen and oxygen atoms in total. The Labute approximate surface area is 158 Å². The van der Waals surface area contributed by atoms with Crippen molar-refractivity contribution in [2.24, 2.45) is 4.99 Å². The molecule has 0 saturated heterocycles. The Morgan fingerprint density at radius 3 is 2.80 bits per heavy atom. The Kier molecular flexibility index (Phi) is 4.31. The molecular weight excluding hydrogens is 400 g/mol. The first-order valence-electron chi connectivity index (χ1n) is 7.72. The number of aliphatic imine (C=N–C) groups is 1. The molecule has 0 aliphatic heterocycles. The van der Waals surface area contributed by atoms with Crippen LogP contribution in [0.4, 0.5) is 5.13 Å². The van der Waals surface area contributed by atoms with E-state index >= 15 is 0 Å². The van der Waals surface area contributed by atoms with Crippen molar-refractivity contribution >= 4 is 38.6 Å². The SMILES string of the molecule is COc1ccc2c(c1)Cc1sc(/N=C\c3ccc(OC)c(Br)c3)nc1-2. The van der Waals surface area contributed by atoms with Gasteiger partial charge in [-0.05, 0) is 63.5 Å². The second kappa shape index (κ2) is 6.61. The molecule has 25 heavy (non-hydrogen) atoms. The molecule has 0 amide bonds. The van der Waals surface area contributed by atoms with E-state index in [2.05, 4.69) is 33.1 Å². The zero-order chi connectivity index (χ0) is 17.4. The number of aromatic nitrogens is 1. The second-order valence-electron chi connectivity index (χ2n) is 5.62. The zero-order valence-electron chi connectivity index (χ0n) is 13.7. The van der Waals surface area contributed by atoms with Crippen LogP contribution in [0.1, 0.15) is 16.0 Å². The van der Waals surface area contributed by atoms with Crippen LogP contribution in [0, 0.1) is 0 Å². The normalized spacial score (nSPS) is 12.3. The molecule has 0 fully saturated rings. The lowest BCUT2D eigenvalue weighted by Gasteiger charge is -2.03. The quantitative estimate of drug-likeness (QED) is 0.428. The highest BCUT2D eigenvalue weighted by molar-refractivity contribution is 9.10. The minimum atomic E-state index is 0.776. The topological polar surface area (TPSA) is 43.7 Å². The number of halogens is 1. The molecule has 1 aromatic heterocycles. The van der Waals surface area contributed by atoms with E-state index in [1.807, 2.05) is 30.5 Å². The monoisotopic (exact) mass is 414 g/mol. The van der Waals surface area contributed by atoms with Gasteiger partial charge in [-0.25, -0.2) is 9.98 Å². The van der Waals surface area contributed by atoms with Gasteiger partial charge in [0.25, 0.3) is 0 Å². The molecule has 1 aliphatic carbocycles. The highest BCUT2D eigenvalue weighted by atomic mass is 79.9. The van der Waals surface area contributed by atoms with E-state index in [1.165, 1.54) is 16.0 Å². The summed E-state index contributed by atoms with van der Waals surface area (Å²) < 4.78 is 11.4. The number of hydrogen-bond acceptors (Lipinski definition) is 5. The number of thiazole rings is 1. The molecule has 1 heterocycles. The van der Waals surface area contributed by atoms with Crippen molar-refractivity contribution < 1.29 is 9.47 Å². The predicted molar refractivity (Wildman–Crippen MR) is 105 cm³/mol. The molecule has 0 bridgehead atoms. The van der Waals surface area contributed by atoms with Crippen molar-refractivity contribution in [1.29, 1.82) is 0 Å². The first kappa shape index (κ1) is 16.3. The van der Waals surface area contributed by atoms with E-state index in [0.717, 1.165) is 38.8 Å². The van der Waals surface area contributed by atoms with Crippen LogP contribution in [0.15, 0.2) is 45.9 Å². The fraction of sp³-hybridized carbons (Fsp3) is 0.158. The van der Waals surface area contributed by atoms with Gasteiger partial charge in [-0.2, -0.15) is 0 Å². The molecule has 0 unspecified atom stereocenters. The van der Waals surface area contributed by atoms with Gasteiger partial charge >= 0.3 is 0 Å². The van der Waals surface area contributed by atoms with Crippen molar-refractivity contribution in [2.45, 2.75) is 6.42 Å². The summed E-state index contributed by atoms with van der Waals surface area (Å²) >= 11 is 5.13. The van der Waals surface area contributed by atoms with Gasteiger partial charge in [-0.1, -0.05) is 11.3 Å². The smallest absolute Gasteiger partial charge is 0.209 e. The summed E-state index contributed by atoms with van der Waals surface area (Å²) in [6.07, 6.45) is 2.72. The van der Waals surface area contributed by atoms with Gasteiger partial charge in [0.2, 0.25) is 5.13 Å². The van der Waals surface area contributed by atoms with Crippen molar-refractivity contribution in [1.82, 2.24) is 4.98 Å². The molecule has 0 atom stereocenters. The van der Waals surface area contributed by atoms with Crippen molar-refractivity contribution in [3.05, 3.63) is 56.9 Å². The molecule has 6 heteroatoms. The van der Waals surface area contributed by atoms with Gasteiger partial charge in [0.05, 0.1) is 24.4 Å². The third-order valence-corrected chi connectivity index (χ3v) is 5.69. The van der Waals surface area contributed by atoms with Crippen LogP contribution >= 0.6 is 27.3 Å². The molecular formula is C19H15BrN2O2S. The molecule has 0 saturated carbocycles. The van der Waals surface area contributed by atoms with Crippen LogP contribution in [0.25, 0.3) is 11.3 Å². The summed E-state index contributed by atoms with van der Waals surface area (Å²) in [6, 6.07) is 12.0. The number of fused-ring (bicyclic) bond motifs is 3. The number of nitrogens with zero attached hydrogens (tertiary/aromatic N) is 2. The predicted octanol–water partition coefficient (Wildman–Crippen LogP) is 5.24. The molecule has 3 aromatic rings. The largest absolute Gasteiger partial charge is 0.497 e. The Morgan fingerprint density at radius 2 is 2.04 bits per heavy atom. The minimum absolute atomic E-state index is 0.776. The van der Waals surface area contributed by atoms with Crippen molar-refractivity contribution in [3.8, 4) is 22.8 Å². The summed E-state index contributed by atoms with van der Waals surface area (Å²) in [6.45, 7) is 0. The van der Waals surface area contributed by atoms with Gasteiger partial charge < -0.3 is 9.47 Å². The van der Waals surface area contributed by atoms with E-state index in [0.29, 0.717) is 0 Å². The lowest BCUT2D eigenvalue weighted by atomic mass is 10.1. The maximum absolute atomic E-state index is 5.30. The van der Waals surface area contributed by atoms with Crippen molar-refractivity contribution in [2.75, 3.05) is 14.2 Å².